The van der Waals surface area contributed by atoms with Crippen LogP contribution in [0.5, 0.6) is 6.01 Å². The van der Waals surface area contributed by atoms with E-state index in [4.69, 9.17) is 4.74 Å². The van der Waals surface area contributed by atoms with Crippen LogP contribution in [-0.2, 0) is 13.0 Å². The minimum Gasteiger partial charge on any atom is -0.466 e. The van der Waals surface area contributed by atoms with Gasteiger partial charge in [0.2, 0.25) is 5.82 Å². The highest BCUT2D eigenvalue weighted by Crippen LogP contribution is 2.29. The number of rotatable bonds is 6. The summed E-state index contributed by atoms with van der Waals surface area (Å²) in [4.78, 5) is 4.37. The number of methoxy groups -OCH3 is 1. The summed E-state index contributed by atoms with van der Waals surface area (Å²) in [6.45, 7) is 2.40. The molecule has 0 saturated heterocycles. The van der Waals surface area contributed by atoms with Crippen molar-refractivity contribution in [2.45, 2.75) is 19.9 Å². The molecule has 144 valence electrons. The van der Waals surface area contributed by atoms with Gasteiger partial charge in [-0.15, -0.1) is 21.2 Å². The molecule has 0 unspecified atom stereocenters. The number of nitrogens with zero attached hydrogens (tertiary/aromatic N) is 6. The number of H-pyrrole nitrogens is 1. The van der Waals surface area contributed by atoms with E-state index in [1.165, 1.54) is 0 Å². The highest BCUT2D eigenvalue weighted by atomic mass is 16.5. The van der Waals surface area contributed by atoms with E-state index in [0.29, 0.717) is 24.8 Å². The number of ether oxygens (including phenoxy) is 1. The van der Waals surface area contributed by atoms with E-state index in [9.17, 15) is 0 Å². The Balaban J connectivity index is 1.60. The number of hydrogen-bond acceptors (Lipinski definition) is 6. The lowest BCUT2D eigenvalue weighted by atomic mass is 9.98. The van der Waals surface area contributed by atoms with Crippen LogP contribution in [0.4, 0.5) is 0 Å². The van der Waals surface area contributed by atoms with Gasteiger partial charge in [0.15, 0.2) is 0 Å². The Bertz CT molecular complexity index is 1150. The van der Waals surface area contributed by atoms with Crippen LogP contribution in [0.15, 0.2) is 48.5 Å². The molecule has 29 heavy (non-hydrogen) atoms. The molecular weight excluding hydrogens is 366 g/mol. The number of hydrogen-bond donors (Lipinski definition) is 1. The average molecular weight is 385 g/mol. The number of benzene rings is 2. The van der Waals surface area contributed by atoms with E-state index in [1.807, 2.05) is 35.9 Å². The molecule has 0 radical (unpaired) electrons. The molecule has 8 nitrogen and oxygen atoms in total. The summed E-state index contributed by atoms with van der Waals surface area (Å²) in [5.41, 5.74) is 4.14. The van der Waals surface area contributed by atoms with Gasteiger partial charge in [0, 0.05) is 5.56 Å². The first-order chi connectivity index (χ1) is 14.3. The van der Waals surface area contributed by atoms with Crippen LogP contribution in [0.2, 0.25) is 0 Å². The fourth-order valence-corrected chi connectivity index (χ4v) is 3.03. The molecule has 0 aliphatic heterocycles. The van der Waals surface area contributed by atoms with Gasteiger partial charge in [-0.2, -0.15) is 10.2 Å². The first-order valence-corrected chi connectivity index (χ1v) is 9.08. The average Bonchev–Trinajstić information content (AvgIpc) is 3.43. The van der Waals surface area contributed by atoms with Crippen LogP contribution in [0.3, 0.4) is 0 Å². The molecule has 8 heteroatoms. The van der Waals surface area contributed by atoms with E-state index >= 15 is 0 Å². The molecule has 0 atom stereocenters. The smallest absolute Gasteiger partial charge is 0.335 e. The highest BCUT2D eigenvalue weighted by Gasteiger charge is 2.12. The Labute approximate surface area is 168 Å². The number of aromatic amines is 1. The van der Waals surface area contributed by atoms with Gasteiger partial charge in [0.05, 0.1) is 20.1 Å². The molecule has 0 fully saturated rings. The Morgan fingerprint density at radius 1 is 1.07 bits per heavy atom. The predicted octanol–water partition coefficient (Wildman–Crippen LogP) is 2.75. The van der Waals surface area contributed by atoms with E-state index in [1.54, 1.807) is 7.11 Å². The van der Waals surface area contributed by atoms with Crippen molar-refractivity contribution in [2.24, 2.45) is 0 Å². The quantitative estimate of drug-likeness (QED) is 0.513. The Morgan fingerprint density at radius 2 is 1.86 bits per heavy atom. The van der Waals surface area contributed by atoms with Crippen molar-refractivity contribution in [3.05, 3.63) is 59.9 Å². The molecular formula is C21H19N7O. The van der Waals surface area contributed by atoms with Gasteiger partial charge < -0.3 is 4.74 Å². The summed E-state index contributed by atoms with van der Waals surface area (Å²) < 4.78 is 6.99. The van der Waals surface area contributed by atoms with Crippen LogP contribution in [0.25, 0.3) is 22.5 Å². The van der Waals surface area contributed by atoms with Crippen molar-refractivity contribution in [1.29, 1.82) is 0 Å². The van der Waals surface area contributed by atoms with Gasteiger partial charge in [0.25, 0.3) is 0 Å². The number of aromatic nitrogens is 7. The van der Waals surface area contributed by atoms with Gasteiger partial charge in [-0.3, -0.25) is 0 Å². The standard InChI is InChI=1S/C21H19N7O/c1-3-4-9-19-22-21(29-2)25-28(19)14-15-10-12-16(13-11-15)17-7-5-6-8-18(17)20-23-26-27-24-20/h5-8,10-13H,9,14H2,1-2H3,(H,23,24,26,27). The van der Waals surface area contributed by atoms with Crippen molar-refractivity contribution in [1.82, 2.24) is 35.4 Å². The van der Waals surface area contributed by atoms with Gasteiger partial charge >= 0.3 is 6.01 Å². The van der Waals surface area contributed by atoms with Crippen molar-refractivity contribution < 1.29 is 4.74 Å². The van der Waals surface area contributed by atoms with Crippen molar-refractivity contribution in [3.8, 4) is 40.4 Å². The summed E-state index contributed by atoms with van der Waals surface area (Å²) >= 11 is 0. The minimum atomic E-state index is 0.351. The first-order valence-electron chi connectivity index (χ1n) is 9.08. The van der Waals surface area contributed by atoms with Crippen LogP contribution in [0.1, 0.15) is 18.3 Å². The topological polar surface area (TPSA) is 94.4 Å². The summed E-state index contributed by atoms with van der Waals surface area (Å²) in [7, 11) is 1.56. The van der Waals surface area contributed by atoms with E-state index < -0.39 is 0 Å². The third kappa shape index (κ3) is 3.99. The molecule has 2 aromatic carbocycles. The molecule has 0 amide bonds. The number of nitrogens with one attached hydrogen (secondary N) is 1. The molecule has 0 saturated carbocycles. The molecule has 1 N–H and O–H groups in total. The molecule has 4 aromatic rings. The molecule has 2 aromatic heterocycles. The lowest BCUT2D eigenvalue weighted by molar-refractivity contribution is 0.377. The third-order valence-corrected chi connectivity index (χ3v) is 4.45. The van der Waals surface area contributed by atoms with Crippen molar-refractivity contribution in [2.75, 3.05) is 7.11 Å². The maximum Gasteiger partial charge on any atom is 0.335 e. The number of tetrazole rings is 1. The second-order valence-electron chi connectivity index (χ2n) is 6.25. The summed E-state index contributed by atoms with van der Waals surface area (Å²) in [5, 5.41) is 18.8. The lowest BCUT2D eigenvalue weighted by Crippen LogP contribution is -2.06. The summed E-state index contributed by atoms with van der Waals surface area (Å²) in [6, 6.07) is 16.6. The van der Waals surface area contributed by atoms with Gasteiger partial charge in [-0.25, -0.2) is 4.68 Å². The van der Waals surface area contributed by atoms with Crippen molar-refractivity contribution >= 4 is 0 Å². The van der Waals surface area contributed by atoms with E-state index in [2.05, 4.69) is 66.8 Å². The Hall–Kier alpha value is -3.99. The second kappa shape index (κ2) is 8.35. The predicted molar refractivity (Wildman–Crippen MR) is 108 cm³/mol. The van der Waals surface area contributed by atoms with Gasteiger partial charge in [0.1, 0.15) is 5.82 Å². The van der Waals surface area contributed by atoms with Crippen LogP contribution in [-0.4, -0.2) is 42.5 Å². The Kier molecular flexibility index (Phi) is 5.29. The zero-order valence-electron chi connectivity index (χ0n) is 16.1. The molecule has 4 rings (SSSR count). The largest absolute Gasteiger partial charge is 0.466 e. The fourth-order valence-electron chi connectivity index (χ4n) is 3.03. The molecule has 2 heterocycles. The lowest BCUT2D eigenvalue weighted by Gasteiger charge is -2.09. The summed E-state index contributed by atoms with van der Waals surface area (Å²) in [5.74, 6) is 7.27. The fraction of sp³-hybridized carbons (Fsp3) is 0.190. The van der Waals surface area contributed by atoms with Crippen molar-refractivity contribution in [3.63, 3.8) is 0 Å². The highest BCUT2D eigenvalue weighted by molar-refractivity contribution is 5.80. The zero-order valence-corrected chi connectivity index (χ0v) is 16.1. The second-order valence-corrected chi connectivity index (χ2v) is 6.25. The molecule has 0 spiro atoms. The molecule has 0 aliphatic rings. The first kappa shape index (κ1) is 18.4. The van der Waals surface area contributed by atoms with Crippen LogP contribution in [0, 0.1) is 11.8 Å². The van der Waals surface area contributed by atoms with Gasteiger partial charge in [-0.05, 0) is 28.8 Å². The Morgan fingerprint density at radius 3 is 2.55 bits per heavy atom. The van der Waals surface area contributed by atoms with Crippen LogP contribution < -0.4 is 4.74 Å². The zero-order chi connectivity index (χ0) is 20.1. The SMILES string of the molecule is CC#CCc1nc(OC)nn1Cc1ccc(-c2ccccc2-c2nn[nH]n2)cc1. The van der Waals surface area contributed by atoms with E-state index in [0.717, 1.165) is 28.1 Å². The van der Waals surface area contributed by atoms with Crippen LogP contribution >= 0.6 is 0 Å². The molecule has 0 bridgehead atoms. The molecule has 0 aliphatic carbocycles. The van der Waals surface area contributed by atoms with E-state index in [-0.39, 0.29) is 0 Å². The maximum absolute atomic E-state index is 5.17. The maximum atomic E-state index is 5.17. The third-order valence-electron chi connectivity index (χ3n) is 4.45. The minimum absolute atomic E-state index is 0.351. The summed E-state index contributed by atoms with van der Waals surface area (Å²) in [6.07, 6.45) is 0.531. The monoisotopic (exact) mass is 385 g/mol. The van der Waals surface area contributed by atoms with Gasteiger partial charge in [-0.1, -0.05) is 54.5 Å². The normalized spacial score (nSPS) is 10.4.